The van der Waals surface area contributed by atoms with E-state index in [0.29, 0.717) is 5.56 Å². The van der Waals surface area contributed by atoms with E-state index in [9.17, 15) is 9.59 Å². The number of amides is 2. The zero-order valence-corrected chi connectivity index (χ0v) is 13.1. The first kappa shape index (κ1) is 14.3. The van der Waals surface area contributed by atoms with Crippen LogP contribution in [0.4, 0.5) is 0 Å². The van der Waals surface area contributed by atoms with Gasteiger partial charge < -0.3 is 9.80 Å². The maximum atomic E-state index is 12.3. The van der Waals surface area contributed by atoms with Gasteiger partial charge in [0.05, 0.1) is 12.1 Å². The van der Waals surface area contributed by atoms with E-state index in [4.69, 9.17) is 0 Å². The van der Waals surface area contributed by atoms with Gasteiger partial charge in [0.1, 0.15) is 0 Å². The van der Waals surface area contributed by atoms with Crippen molar-refractivity contribution in [2.75, 3.05) is 26.7 Å². The van der Waals surface area contributed by atoms with E-state index < -0.39 is 0 Å². The molecule has 2 amide bonds. The van der Waals surface area contributed by atoms with Crippen molar-refractivity contribution in [3.63, 3.8) is 0 Å². The molecule has 0 aliphatic carbocycles. The molecule has 1 saturated heterocycles. The normalized spacial score (nSPS) is 14.5. The molecule has 1 fully saturated rings. The fourth-order valence-corrected chi connectivity index (χ4v) is 2.80. The smallest absolute Gasteiger partial charge is 0.255 e. The summed E-state index contributed by atoms with van der Waals surface area (Å²) in [6, 6.07) is 7.42. The Morgan fingerprint density at radius 3 is 2.53 bits per heavy atom. The van der Waals surface area contributed by atoms with Crippen molar-refractivity contribution in [2.24, 2.45) is 0 Å². The Kier molecular flexibility index (Phi) is 4.79. The summed E-state index contributed by atoms with van der Waals surface area (Å²) in [7, 11) is 1.68. The zero-order valence-electron chi connectivity index (χ0n) is 10.9. The Bertz CT molecular complexity index is 484. The molecule has 19 heavy (non-hydrogen) atoms. The fraction of sp³-hybridized carbons (Fsp3) is 0.429. The Morgan fingerprint density at radius 2 is 1.89 bits per heavy atom. The summed E-state index contributed by atoms with van der Waals surface area (Å²) >= 11 is 2.14. The van der Waals surface area contributed by atoms with E-state index in [1.807, 2.05) is 23.1 Å². The van der Waals surface area contributed by atoms with Crippen LogP contribution in [0.3, 0.4) is 0 Å². The van der Waals surface area contributed by atoms with Crippen LogP contribution in [-0.2, 0) is 4.79 Å². The van der Waals surface area contributed by atoms with Crippen molar-refractivity contribution in [3.05, 3.63) is 33.4 Å². The summed E-state index contributed by atoms with van der Waals surface area (Å²) in [5.74, 6) is -0.0585. The number of likely N-dealkylation sites (N-methyl/N-ethyl adjacent to an activating group) is 1. The van der Waals surface area contributed by atoms with Crippen LogP contribution in [0, 0.1) is 3.57 Å². The average molecular weight is 372 g/mol. The number of halogens is 1. The lowest BCUT2D eigenvalue weighted by Gasteiger charge is -2.21. The van der Waals surface area contributed by atoms with E-state index in [2.05, 4.69) is 22.6 Å². The Hall–Kier alpha value is -1.11. The van der Waals surface area contributed by atoms with E-state index in [1.54, 1.807) is 13.1 Å². The predicted octanol–water partition coefficient (Wildman–Crippen LogP) is 1.99. The molecule has 0 atom stereocenters. The molecule has 1 aromatic rings. The molecule has 2 rings (SSSR count). The minimum absolute atomic E-state index is 0.0410. The summed E-state index contributed by atoms with van der Waals surface area (Å²) in [6.45, 7) is 1.80. The van der Waals surface area contributed by atoms with Crippen LogP contribution in [-0.4, -0.2) is 48.3 Å². The number of hydrogen-bond donors (Lipinski definition) is 0. The molecule has 0 aromatic heterocycles. The van der Waals surface area contributed by atoms with Crippen molar-refractivity contribution >= 4 is 34.4 Å². The molecule has 1 aliphatic rings. The number of hydrogen-bond acceptors (Lipinski definition) is 2. The Balaban J connectivity index is 1.99. The molecule has 0 radical (unpaired) electrons. The predicted molar refractivity (Wildman–Crippen MR) is 81.9 cm³/mol. The fourth-order valence-electron chi connectivity index (χ4n) is 2.18. The molecular formula is C14H17IN2O2. The van der Waals surface area contributed by atoms with Crippen LogP contribution >= 0.6 is 22.6 Å². The number of likely N-dealkylation sites (tertiary alicyclic amines) is 1. The number of nitrogens with zero attached hydrogens (tertiary/aromatic N) is 2. The molecule has 0 unspecified atom stereocenters. The number of carbonyl (C=O) groups is 2. The van der Waals surface area contributed by atoms with Gasteiger partial charge in [0.25, 0.3) is 5.91 Å². The highest BCUT2D eigenvalue weighted by Crippen LogP contribution is 2.14. The minimum atomic E-state index is -0.0995. The van der Waals surface area contributed by atoms with Crippen LogP contribution in [0.25, 0.3) is 0 Å². The SMILES string of the molecule is CN(CC(=O)N1CCCC1)C(=O)c1ccccc1I. The highest BCUT2D eigenvalue weighted by atomic mass is 127. The molecule has 5 heteroatoms. The summed E-state index contributed by atoms with van der Waals surface area (Å²) < 4.78 is 0.908. The van der Waals surface area contributed by atoms with Gasteiger partial charge in [-0.3, -0.25) is 9.59 Å². The van der Waals surface area contributed by atoms with E-state index >= 15 is 0 Å². The second-order valence-corrected chi connectivity index (χ2v) is 5.89. The van der Waals surface area contributed by atoms with E-state index in [-0.39, 0.29) is 18.4 Å². The van der Waals surface area contributed by atoms with Gasteiger partial charge in [0, 0.05) is 23.7 Å². The summed E-state index contributed by atoms with van der Waals surface area (Å²) in [5, 5.41) is 0. The largest absolute Gasteiger partial charge is 0.341 e. The van der Waals surface area contributed by atoms with Crippen molar-refractivity contribution in [2.45, 2.75) is 12.8 Å². The Morgan fingerprint density at radius 1 is 1.26 bits per heavy atom. The molecule has 0 N–H and O–H groups in total. The molecule has 4 nitrogen and oxygen atoms in total. The maximum absolute atomic E-state index is 12.3. The second kappa shape index (κ2) is 6.36. The van der Waals surface area contributed by atoms with Gasteiger partial charge in [-0.2, -0.15) is 0 Å². The van der Waals surface area contributed by atoms with Crippen LogP contribution < -0.4 is 0 Å². The van der Waals surface area contributed by atoms with E-state index in [1.165, 1.54) is 4.90 Å². The maximum Gasteiger partial charge on any atom is 0.255 e. The molecule has 102 valence electrons. The molecule has 0 saturated carbocycles. The first-order chi connectivity index (χ1) is 9.09. The van der Waals surface area contributed by atoms with Crippen LogP contribution in [0.2, 0.25) is 0 Å². The van der Waals surface area contributed by atoms with Gasteiger partial charge in [-0.05, 0) is 47.6 Å². The van der Waals surface area contributed by atoms with Gasteiger partial charge >= 0.3 is 0 Å². The summed E-state index contributed by atoms with van der Waals surface area (Å²) in [4.78, 5) is 27.6. The van der Waals surface area contributed by atoms with Crippen LogP contribution in [0.5, 0.6) is 0 Å². The third kappa shape index (κ3) is 3.46. The minimum Gasteiger partial charge on any atom is -0.341 e. The highest BCUT2D eigenvalue weighted by Gasteiger charge is 2.22. The summed E-state index contributed by atoms with van der Waals surface area (Å²) in [5.41, 5.74) is 0.653. The number of benzene rings is 1. The average Bonchev–Trinajstić information content (AvgIpc) is 2.92. The lowest BCUT2D eigenvalue weighted by molar-refractivity contribution is -0.130. The molecule has 1 heterocycles. The zero-order chi connectivity index (χ0) is 13.8. The van der Waals surface area contributed by atoms with Crippen molar-refractivity contribution in [1.82, 2.24) is 9.80 Å². The van der Waals surface area contributed by atoms with Crippen LogP contribution in [0.1, 0.15) is 23.2 Å². The first-order valence-corrected chi connectivity index (χ1v) is 7.45. The quantitative estimate of drug-likeness (QED) is 0.762. The van der Waals surface area contributed by atoms with E-state index in [0.717, 1.165) is 29.5 Å². The summed E-state index contributed by atoms with van der Waals surface area (Å²) in [6.07, 6.45) is 2.14. The molecular weight excluding hydrogens is 355 g/mol. The van der Waals surface area contributed by atoms with Crippen molar-refractivity contribution in [3.8, 4) is 0 Å². The third-order valence-corrected chi connectivity index (χ3v) is 4.22. The Labute approximate surface area is 126 Å². The molecule has 1 aromatic carbocycles. The van der Waals surface area contributed by atoms with Crippen molar-refractivity contribution in [1.29, 1.82) is 0 Å². The van der Waals surface area contributed by atoms with Crippen LogP contribution in [0.15, 0.2) is 24.3 Å². The lowest BCUT2D eigenvalue weighted by Crippen LogP contribution is -2.40. The number of carbonyl (C=O) groups excluding carboxylic acids is 2. The van der Waals surface area contributed by atoms with Gasteiger partial charge in [-0.25, -0.2) is 0 Å². The standard InChI is InChI=1S/C14H17IN2O2/c1-16(10-13(18)17-8-4-5-9-17)14(19)11-6-2-3-7-12(11)15/h2-3,6-7H,4-5,8-10H2,1H3. The van der Waals surface area contributed by atoms with Gasteiger partial charge in [0.2, 0.25) is 5.91 Å². The molecule has 0 spiro atoms. The third-order valence-electron chi connectivity index (χ3n) is 3.28. The number of rotatable bonds is 3. The van der Waals surface area contributed by atoms with Gasteiger partial charge in [-0.1, -0.05) is 12.1 Å². The van der Waals surface area contributed by atoms with Gasteiger partial charge in [-0.15, -0.1) is 0 Å². The lowest BCUT2D eigenvalue weighted by atomic mass is 10.2. The van der Waals surface area contributed by atoms with Crippen molar-refractivity contribution < 1.29 is 9.59 Å². The first-order valence-electron chi connectivity index (χ1n) is 6.37. The van der Waals surface area contributed by atoms with Gasteiger partial charge in [0.15, 0.2) is 0 Å². The second-order valence-electron chi connectivity index (χ2n) is 4.73. The monoisotopic (exact) mass is 372 g/mol. The topological polar surface area (TPSA) is 40.6 Å². The molecule has 1 aliphatic heterocycles. The molecule has 0 bridgehead atoms. The highest BCUT2D eigenvalue weighted by molar-refractivity contribution is 14.1.